The molecule has 2 N–H and O–H groups in total. The van der Waals surface area contributed by atoms with Crippen LogP contribution in [-0.4, -0.2) is 38.2 Å². The second-order valence-corrected chi connectivity index (χ2v) is 6.29. The predicted molar refractivity (Wildman–Crippen MR) is 113 cm³/mol. The molecule has 0 saturated heterocycles. The Labute approximate surface area is 162 Å². The summed E-state index contributed by atoms with van der Waals surface area (Å²) in [6.07, 6.45) is 1.91. The van der Waals surface area contributed by atoms with E-state index in [-0.39, 0.29) is 0 Å². The van der Waals surface area contributed by atoms with Crippen molar-refractivity contribution in [1.29, 1.82) is 0 Å². The molecule has 2 rings (SSSR count). The van der Waals surface area contributed by atoms with Crippen LogP contribution in [0.2, 0.25) is 0 Å². The lowest BCUT2D eigenvalue weighted by atomic mass is 10.1. The maximum Gasteiger partial charge on any atom is 0.191 e. The number of hydrogen-bond donors (Lipinski definition) is 2. The van der Waals surface area contributed by atoms with Crippen LogP contribution >= 0.6 is 0 Å². The first-order valence-electron chi connectivity index (χ1n) is 9.39. The third kappa shape index (κ3) is 5.88. The van der Waals surface area contributed by atoms with Crippen molar-refractivity contribution in [1.82, 2.24) is 15.6 Å². The highest BCUT2D eigenvalue weighted by molar-refractivity contribution is 5.79. The number of aliphatic imine (C=N–C) groups is 1. The lowest BCUT2D eigenvalue weighted by molar-refractivity contribution is 0.408. The maximum atomic E-state index is 5.46. The van der Waals surface area contributed by atoms with Gasteiger partial charge in [-0.05, 0) is 44.0 Å². The smallest absolute Gasteiger partial charge is 0.191 e. The Bertz CT molecular complexity index is 739. The topological polar surface area (TPSA) is 61.8 Å². The fourth-order valence-corrected chi connectivity index (χ4v) is 2.84. The number of methoxy groups -OCH3 is 1. The Hall–Kier alpha value is -2.76. The number of hydrogen-bond acceptors (Lipinski definition) is 4. The van der Waals surface area contributed by atoms with Gasteiger partial charge in [-0.2, -0.15) is 0 Å². The molecule has 27 heavy (non-hydrogen) atoms. The normalized spacial score (nSPS) is 11.2. The number of pyridine rings is 1. The summed E-state index contributed by atoms with van der Waals surface area (Å²) >= 11 is 0. The molecule has 1 aromatic heterocycles. The Morgan fingerprint density at radius 2 is 1.85 bits per heavy atom. The first kappa shape index (κ1) is 20.6. The van der Waals surface area contributed by atoms with Crippen LogP contribution in [-0.2, 0) is 13.1 Å². The van der Waals surface area contributed by atoms with E-state index in [0.717, 1.165) is 41.7 Å². The van der Waals surface area contributed by atoms with Gasteiger partial charge < -0.3 is 20.3 Å². The molecule has 6 heteroatoms. The van der Waals surface area contributed by atoms with Gasteiger partial charge in [0.1, 0.15) is 11.6 Å². The number of ether oxygens (including phenoxy) is 1. The molecule has 2 aromatic rings. The third-order valence-electron chi connectivity index (χ3n) is 4.47. The second-order valence-electron chi connectivity index (χ2n) is 6.29. The molecule has 0 aliphatic carbocycles. The van der Waals surface area contributed by atoms with E-state index in [1.807, 2.05) is 12.3 Å². The van der Waals surface area contributed by atoms with E-state index in [0.29, 0.717) is 13.1 Å². The summed E-state index contributed by atoms with van der Waals surface area (Å²) in [6.45, 7) is 9.55. The van der Waals surface area contributed by atoms with Gasteiger partial charge in [0.25, 0.3) is 0 Å². The molecule has 0 atom stereocenters. The standard InChI is InChI=1S/C21H31N5O/c1-6-26(7-2)20-11-9-17(13-23-20)14-24-21(22-4)25-15-18-10-8-16(3)12-19(18)27-5/h8-13H,6-7,14-15H2,1-5H3,(H2,22,24,25). The zero-order chi connectivity index (χ0) is 19.6. The highest BCUT2D eigenvalue weighted by Crippen LogP contribution is 2.19. The summed E-state index contributed by atoms with van der Waals surface area (Å²) in [6, 6.07) is 10.4. The van der Waals surface area contributed by atoms with E-state index in [1.165, 1.54) is 5.56 Å². The van der Waals surface area contributed by atoms with E-state index < -0.39 is 0 Å². The zero-order valence-corrected chi connectivity index (χ0v) is 17.0. The molecule has 0 aliphatic rings. The van der Waals surface area contributed by atoms with Crippen LogP contribution in [0.4, 0.5) is 5.82 Å². The van der Waals surface area contributed by atoms with Crippen molar-refractivity contribution >= 4 is 11.8 Å². The molecule has 146 valence electrons. The van der Waals surface area contributed by atoms with Crippen molar-refractivity contribution < 1.29 is 4.74 Å². The minimum absolute atomic E-state index is 0.641. The van der Waals surface area contributed by atoms with Crippen molar-refractivity contribution in [2.24, 2.45) is 4.99 Å². The van der Waals surface area contributed by atoms with E-state index in [9.17, 15) is 0 Å². The van der Waals surface area contributed by atoms with Crippen LogP contribution in [0.5, 0.6) is 5.75 Å². The summed E-state index contributed by atoms with van der Waals surface area (Å²) < 4.78 is 5.46. The van der Waals surface area contributed by atoms with E-state index in [1.54, 1.807) is 14.2 Å². The lowest BCUT2D eigenvalue weighted by Crippen LogP contribution is -2.36. The molecule has 1 heterocycles. The molecular weight excluding hydrogens is 338 g/mol. The van der Waals surface area contributed by atoms with Crippen LogP contribution in [0, 0.1) is 6.92 Å². The van der Waals surface area contributed by atoms with Crippen molar-refractivity contribution in [2.75, 3.05) is 32.1 Å². The average Bonchev–Trinajstić information content (AvgIpc) is 2.70. The van der Waals surface area contributed by atoms with Gasteiger partial charge in [0.15, 0.2) is 5.96 Å². The molecule has 0 unspecified atom stereocenters. The minimum atomic E-state index is 0.641. The molecule has 1 aromatic carbocycles. The third-order valence-corrected chi connectivity index (χ3v) is 4.47. The van der Waals surface area contributed by atoms with Gasteiger partial charge in [0.05, 0.1) is 7.11 Å². The summed E-state index contributed by atoms with van der Waals surface area (Å²) in [5, 5.41) is 6.65. The Balaban J connectivity index is 1.90. The number of benzene rings is 1. The fourth-order valence-electron chi connectivity index (χ4n) is 2.84. The molecule has 0 bridgehead atoms. The van der Waals surface area contributed by atoms with Crippen molar-refractivity contribution in [2.45, 2.75) is 33.9 Å². The number of anilines is 1. The van der Waals surface area contributed by atoms with Crippen molar-refractivity contribution in [3.8, 4) is 5.75 Å². The fraction of sp³-hybridized carbons (Fsp3) is 0.429. The van der Waals surface area contributed by atoms with E-state index in [4.69, 9.17) is 4.74 Å². The largest absolute Gasteiger partial charge is 0.496 e. The molecule has 0 saturated carbocycles. The zero-order valence-electron chi connectivity index (χ0n) is 17.0. The SMILES string of the molecule is CCN(CC)c1ccc(CNC(=NC)NCc2ccc(C)cc2OC)cn1. The van der Waals surface area contributed by atoms with Gasteiger partial charge in [0.2, 0.25) is 0 Å². The van der Waals surface area contributed by atoms with Crippen LogP contribution in [0.1, 0.15) is 30.5 Å². The first-order valence-corrected chi connectivity index (χ1v) is 9.39. The van der Waals surface area contributed by atoms with Crippen LogP contribution in [0.15, 0.2) is 41.5 Å². The lowest BCUT2D eigenvalue weighted by Gasteiger charge is -2.19. The van der Waals surface area contributed by atoms with Gasteiger partial charge in [-0.1, -0.05) is 18.2 Å². The van der Waals surface area contributed by atoms with Gasteiger partial charge in [-0.25, -0.2) is 4.98 Å². The highest BCUT2D eigenvalue weighted by Gasteiger charge is 2.06. The van der Waals surface area contributed by atoms with Gasteiger partial charge in [-0.3, -0.25) is 4.99 Å². The number of rotatable bonds is 8. The van der Waals surface area contributed by atoms with Gasteiger partial charge in [0, 0.05) is 45.0 Å². The van der Waals surface area contributed by atoms with Gasteiger partial charge >= 0.3 is 0 Å². The predicted octanol–water partition coefficient (Wildman–Crippen LogP) is 3.11. The monoisotopic (exact) mass is 369 g/mol. The Morgan fingerprint density at radius 1 is 1.11 bits per heavy atom. The van der Waals surface area contributed by atoms with E-state index >= 15 is 0 Å². The minimum Gasteiger partial charge on any atom is -0.496 e. The second kappa shape index (κ2) is 10.4. The summed E-state index contributed by atoms with van der Waals surface area (Å²) in [7, 11) is 3.46. The molecule has 0 radical (unpaired) electrons. The molecule has 6 nitrogen and oxygen atoms in total. The van der Waals surface area contributed by atoms with Gasteiger partial charge in [-0.15, -0.1) is 0 Å². The Morgan fingerprint density at radius 3 is 2.44 bits per heavy atom. The van der Waals surface area contributed by atoms with Crippen LogP contribution in [0.25, 0.3) is 0 Å². The first-order chi connectivity index (χ1) is 13.1. The average molecular weight is 370 g/mol. The molecule has 0 fully saturated rings. The molecule has 0 aliphatic heterocycles. The van der Waals surface area contributed by atoms with Crippen LogP contribution in [0.3, 0.4) is 0 Å². The number of nitrogens with one attached hydrogen (secondary N) is 2. The van der Waals surface area contributed by atoms with Crippen molar-refractivity contribution in [3.63, 3.8) is 0 Å². The van der Waals surface area contributed by atoms with Crippen LogP contribution < -0.4 is 20.3 Å². The molecule has 0 amide bonds. The Kier molecular flexibility index (Phi) is 7.92. The molecular formula is C21H31N5O. The summed E-state index contributed by atoms with van der Waals surface area (Å²) in [5.41, 5.74) is 3.39. The number of nitrogens with zero attached hydrogens (tertiary/aromatic N) is 3. The summed E-state index contributed by atoms with van der Waals surface area (Å²) in [4.78, 5) is 11.1. The van der Waals surface area contributed by atoms with Crippen molar-refractivity contribution in [3.05, 3.63) is 53.2 Å². The number of aryl methyl sites for hydroxylation is 1. The number of aromatic nitrogens is 1. The quantitative estimate of drug-likeness (QED) is 0.553. The highest BCUT2D eigenvalue weighted by atomic mass is 16.5. The van der Waals surface area contributed by atoms with E-state index in [2.05, 4.69) is 70.5 Å². The maximum absolute atomic E-state index is 5.46. The number of guanidine groups is 1. The summed E-state index contributed by atoms with van der Waals surface area (Å²) in [5.74, 6) is 2.64. The molecule has 0 spiro atoms.